The van der Waals surface area contributed by atoms with E-state index in [1.165, 1.54) is 19.3 Å². The normalized spacial score (nSPS) is 27.5. The summed E-state index contributed by atoms with van der Waals surface area (Å²) >= 11 is 0. The molecule has 0 aromatic carbocycles. The second kappa shape index (κ2) is 5.70. The van der Waals surface area contributed by atoms with Gasteiger partial charge in [-0.1, -0.05) is 0 Å². The maximum Gasteiger partial charge on any atom is 0.254 e. The second-order valence-electron chi connectivity index (χ2n) is 5.50. The summed E-state index contributed by atoms with van der Waals surface area (Å²) in [5.74, 6) is 0.167. The highest BCUT2D eigenvalue weighted by molar-refractivity contribution is 5.94. The van der Waals surface area contributed by atoms with Gasteiger partial charge in [0.15, 0.2) is 0 Å². The fraction of sp³-hybridized carbons (Fsp3) is 0.600. The van der Waals surface area contributed by atoms with Gasteiger partial charge in [0.2, 0.25) is 0 Å². The van der Waals surface area contributed by atoms with Crippen molar-refractivity contribution in [2.24, 2.45) is 0 Å². The summed E-state index contributed by atoms with van der Waals surface area (Å²) in [6.45, 7) is 1.99. The molecule has 2 atom stereocenters. The van der Waals surface area contributed by atoms with Crippen molar-refractivity contribution in [3.8, 4) is 0 Å². The molecule has 1 N–H and O–H groups in total. The van der Waals surface area contributed by atoms with Crippen molar-refractivity contribution >= 4 is 5.91 Å². The minimum absolute atomic E-state index is 0.167. The molecule has 2 saturated heterocycles. The highest BCUT2D eigenvalue weighted by atomic mass is 16.2. The molecule has 102 valence electrons. The molecule has 4 nitrogen and oxygen atoms in total. The number of aromatic nitrogens is 1. The van der Waals surface area contributed by atoms with E-state index >= 15 is 0 Å². The molecular weight excluding hydrogens is 238 g/mol. The number of carbonyl (C=O) groups is 1. The lowest BCUT2D eigenvalue weighted by atomic mass is 9.94. The number of nitrogens with zero attached hydrogens (tertiary/aromatic N) is 2. The number of amides is 1. The zero-order chi connectivity index (χ0) is 13.1. The summed E-state index contributed by atoms with van der Waals surface area (Å²) in [7, 11) is 0. The lowest BCUT2D eigenvalue weighted by Crippen LogP contribution is -2.52. The van der Waals surface area contributed by atoms with Gasteiger partial charge in [-0.05, 0) is 50.8 Å². The molecule has 2 fully saturated rings. The van der Waals surface area contributed by atoms with E-state index in [1.54, 1.807) is 12.4 Å². The lowest BCUT2D eigenvalue weighted by molar-refractivity contribution is 0.0563. The molecule has 0 aliphatic carbocycles. The Kier molecular flexibility index (Phi) is 3.78. The van der Waals surface area contributed by atoms with E-state index in [0.29, 0.717) is 12.1 Å². The van der Waals surface area contributed by atoms with Crippen molar-refractivity contribution in [3.05, 3.63) is 30.1 Å². The highest BCUT2D eigenvalue weighted by Crippen LogP contribution is 2.25. The number of hydrogen-bond donors (Lipinski definition) is 1. The van der Waals surface area contributed by atoms with E-state index in [0.717, 1.165) is 31.5 Å². The molecule has 3 heterocycles. The molecule has 0 bridgehead atoms. The van der Waals surface area contributed by atoms with Gasteiger partial charge in [-0.15, -0.1) is 0 Å². The van der Waals surface area contributed by atoms with Crippen LogP contribution in [0.4, 0.5) is 0 Å². The van der Waals surface area contributed by atoms with Crippen LogP contribution in [-0.2, 0) is 0 Å². The van der Waals surface area contributed by atoms with Crippen molar-refractivity contribution in [1.82, 2.24) is 15.2 Å². The topological polar surface area (TPSA) is 45.2 Å². The molecule has 2 unspecified atom stereocenters. The van der Waals surface area contributed by atoms with Gasteiger partial charge in [-0.25, -0.2) is 0 Å². The second-order valence-corrected chi connectivity index (χ2v) is 5.50. The third kappa shape index (κ3) is 2.63. The summed E-state index contributed by atoms with van der Waals surface area (Å²) in [5.41, 5.74) is 0.764. The molecule has 1 amide bonds. The number of hydrogen-bond acceptors (Lipinski definition) is 3. The van der Waals surface area contributed by atoms with Crippen LogP contribution in [0.1, 0.15) is 42.5 Å². The molecule has 1 aromatic rings. The largest absolute Gasteiger partial charge is 0.334 e. The first-order chi connectivity index (χ1) is 9.36. The van der Waals surface area contributed by atoms with Crippen molar-refractivity contribution in [2.45, 2.75) is 44.2 Å². The number of piperidine rings is 1. The van der Waals surface area contributed by atoms with Gasteiger partial charge in [0.05, 0.1) is 0 Å². The average molecular weight is 259 g/mol. The standard InChI is InChI=1S/C15H21N3O/c19-15(12-6-9-16-10-7-12)18-11-2-1-5-14(18)13-4-3-8-17-13/h6-7,9-10,13-14,17H,1-5,8,11H2. The van der Waals surface area contributed by atoms with E-state index in [1.807, 2.05) is 12.1 Å². The SMILES string of the molecule is O=C(c1ccncc1)N1CCCCC1C1CCCN1. The quantitative estimate of drug-likeness (QED) is 0.881. The van der Waals surface area contributed by atoms with Crippen LogP contribution >= 0.6 is 0 Å². The molecule has 1 aromatic heterocycles. The Balaban J connectivity index is 1.78. The van der Waals surface area contributed by atoms with Crippen molar-refractivity contribution < 1.29 is 4.79 Å². The van der Waals surface area contributed by atoms with Gasteiger partial charge in [-0.3, -0.25) is 9.78 Å². The van der Waals surface area contributed by atoms with Crippen molar-refractivity contribution in [2.75, 3.05) is 13.1 Å². The monoisotopic (exact) mass is 259 g/mol. The van der Waals surface area contributed by atoms with Gasteiger partial charge >= 0.3 is 0 Å². The summed E-state index contributed by atoms with van der Waals surface area (Å²) in [4.78, 5) is 18.7. The lowest BCUT2D eigenvalue weighted by Gasteiger charge is -2.39. The first-order valence-electron chi connectivity index (χ1n) is 7.30. The van der Waals surface area contributed by atoms with Gasteiger partial charge in [0, 0.05) is 36.6 Å². The van der Waals surface area contributed by atoms with Crippen LogP contribution in [0.3, 0.4) is 0 Å². The minimum atomic E-state index is 0.167. The van der Waals surface area contributed by atoms with Gasteiger partial charge in [0.25, 0.3) is 5.91 Å². The Hall–Kier alpha value is -1.42. The van der Waals surface area contributed by atoms with E-state index in [-0.39, 0.29) is 5.91 Å². The molecule has 0 radical (unpaired) electrons. The molecule has 3 rings (SSSR count). The Morgan fingerprint density at radius 1 is 1.21 bits per heavy atom. The summed E-state index contributed by atoms with van der Waals surface area (Å²) in [5, 5.41) is 3.56. The molecule has 4 heteroatoms. The number of carbonyl (C=O) groups excluding carboxylic acids is 1. The van der Waals surface area contributed by atoms with Crippen molar-refractivity contribution in [3.63, 3.8) is 0 Å². The van der Waals surface area contributed by atoms with Gasteiger partial charge in [0.1, 0.15) is 0 Å². The molecule has 2 aliphatic heterocycles. The maximum atomic E-state index is 12.6. The molecule has 0 spiro atoms. The highest BCUT2D eigenvalue weighted by Gasteiger charge is 2.34. The van der Waals surface area contributed by atoms with Crippen molar-refractivity contribution in [1.29, 1.82) is 0 Å². The first kappa shape index (κ1) is 12.6. The third-order valence-electron chi connectivity index (χ3n) is 4.30. The summed E-state index contributed by atoms with van der Waals surface area (Å²) < 4.78 is 0. The minimum Gasteiger partial charge on any atom is -0.334 e. The number of likely N-dealkylation sites (tertiary alicyclic amines) is 1. The maximum absolute atomic E-state index is 12.6. The molecule has 2 aliphatic rings. The van der Waals surface area contributed by atoms with Crippen LogP contribution in [0.2, 0.25) is 0 Å². The summed E-state index contributed by atoms with van der Waals surface area (Å²) in [6.07, 6.45) is 9.32. The van der Waals surface area contributed by atoms with Crippen LogP contribution in [-0.4, -0.2) is 41.0 Å². The Bertz CT molecular complexity index is 428. The van der Waals surface area contributed by atoms with E-state index in [9.17, 15) is 4.79 Å². The average Bonchev–Trinajstić information content (AvgIpc) is 3.01. The molecule has 19 heavy (non-hydrogen) atoms. The van der Waals surface area contributed by atoms with Crippen LogP contribution in [0.25, 0.3) is 0 Å². The Morgan fingerprint density at radius 3 is 2.79 bits per heavy atom. The van der Waals surface area contributed by atoms with Crippen LogP contribution in [0.5, 0.6) is 0 Å². The predicted octanol–water partition coefficient (Wildman–Crippen LogP) is 1.83. The fourth-order valence-electron chi connectivity index (χ4n) is 3.33. The van der Waals surface area contributed by atoms with Gasteiger partial charge in [-0.2, -0.15) is 0 Å². The first-order valence-corrected chi connectivity index (χ1v) is 7.30. The number of pyridine rings is 1. The number of rotatable bonds is 2. The van der Waals surface area contributed by atoms with Crippen LogP contribution in [0.15, 0.2) is 24.5 Å². The van der Waals surface area contributed by atoms with E-state index in [2.05, 4.69) is 15.2 Å². The zero-order valence-electron chi connectivity index (χ0n) is 11.2. The van der Waals surface area contributed by atoms with Crippen LogP contribution < -0.4 is 5.32 Å². The van der Waals surface area contributed by atoms with E-state index in [4.69, 9.17) is 0 Å². The zero-order valence-corrected chi connectivity index (χ0v) is 11.2. The Morgan fingerprint density at radius 2 is 2.05 bits per heavy atom. The van der Waals surface area contributed by atoms with Crippen LogP contribution in [0, 0.1) is 0 Å². The molecule has 0 saturated carbocycles. The molecular formula is C15H21N3O. The van der Waals surface area contributed by atoms with Gasteiger partial charge < -0.3 is 10.2 Å². The van der Waals surface area contributed by atoms with E-state index < -0.39 is 0 Å². The smallest absolute Gasteiger partial charge is 0.254 e. The number of nitrogens with one attached hydrogen (secondary N) is 1. The fourth-order valence-corrected chi connectivity index (χ4v) is 3.33. The summed E-state index contributed by atoms with van der Waals surface area (Å²) in [6, 6.07) is 4.49. The Labute approximate surface area is 114 Å². The predicted molar refractivity (Wildman–Crippen MR) is 73.9 cm³/mol. The third-order valence-corrected chi connectivity index (χ3v) is 4.30.